The summed E-state index contributed by atoms with van der Waals surface area (Å²) in [5.74, 6) is 0.791. The zero-order chi connectivity index (χ0) is 21.1. The Kier molecular flexibility index (Phi) is 5.86. The van der Waals surface area contributed by atoms with E-state index < -0.39 is 0 Å². The number of carbonyl (C=O) groups excluding carboxylic acids is 1. The van der Waals surface area contributed by atoms with Crippen molar-refractivity contribution in [2.75, 3.05) is 20.8 Å². The lowest BCUT2D eigenvalue weighted by Crippen LogP contribution is -2.37. The SMILES string of the molecule is CC[C@H](COC)NC(=O)c1ccc(-c2n[nH]c3c2CCc2cc(OC)ccc2-3)cc1. The Morgan fingerprint density at radius 1 is 1.17 bits per heavy atom. The van der Waals surface area contributed by atoms with E-state index in [-0.39, 0.29) is 11.9 Å². The van der Waals surface area contributed by atoms with Crippen molar-refractivity contribution in [1.29, 1.82) is 0 Å². The summed E-state index contributed by atoms with van der Waals surface area (Å²) in [6.45, 7) is 2.54. The molecule has 0 fully saturated rings. The Bertz CT molecular complexity index is 1040. The number of hydrogen-bond donors (Lipinski definition) is 2. The molecule has 6 nitrogen and oxygen atoms in total. The maximum absolute atomic E-state index is 12.5. The Balaban J connectivity index is 1.56. The number of nitrogens with zero attached hydrogens (tertiary/aromatic N) is 1. The standard InChI is InChI=1S/C24H27N3O3/c1-4-18(14-29-2)25-24(28)16-7-5-15(6-8-16)22-21-11-9-17-13-19(30-3)10-12-20(17)23(21)27-26-22/h5-8,10,12-13,18H,4,9,11,14H2,1-3H3,(H,25,28)(H,26,27)/t18-/m1/s1. The van der Waals surface area contributed by atoms with Gasteiger partial charge in [0.05, 0.1) is 31.1 Å². The number of nitrogens with one attached hydrogen (secondary N) is 2. The molecule has 2 N–H and O–H groups in total. The highest BCUT2D eigenvalue weighted by Gasteiger charge is 2.23. The summed E-state index contributed by atoms with van der Waals surface area (Å²) < 4.78 is 10.5. The number of ether oxygens (including phenoxy) is 2. The van der Waals surface area contributed by atoms with Gasteiger partial charge >= 0.3 is 0 Å². The molecule has 1 atom stereocenters. The van der Waals surface area contributed by atoms with E-state index in [1.807, 2.05) is 37.3 Å². The molecule has 1 amide bonds. The molecule has 0 aliphatic heterocycles. The maximum Gasteiger partial charge on any atom is 0.251 e. The number of rotatable bonds is 7. The number of amides is 1. The van der Waals surface area contributed by atoms with Crippen LogP contribution in [0.25, 0.3) is 22.5 Å². The third-order valence-corrected chi connectivity index (χ3v) is 5.71. The maximum atomic E-state index is 12.5. The van der Waals surface area contributed by atoms with Crippen LogP contribution in [0.1, 0.15) is 34.8 Å². The first kappa shape index (κ1) is 20.2. The van der Waals surface area contributed by atoms with E-state index in [1.54, 1.807) is 14.2 Å². The van der Waals surface area contributed by atoms with Crippen LogP contribution < -0.4 is 10.1 Å². The highest BCUT2D eigenvalue weighted by Crippen LogP contribution is 2.38. The second-order valence-electron chi connectivity index (χ2n) is 7.56. The fourth-order valence-electron chi connectivity index (χ4n) is 3.99. The van der Waals surface area contributed by atoms with Gasteiger partial charge in [-0.25, -0.2) is 0 Å². The molecule has 0 spiro atoms. The second kappa shape index (κ2) is 8.71. The average Bonchev–Trinajstić information content (AvgIpc) is 3.23. The molecule has 0 saturated heterocycles. The Morgan fingerprint density at radius 2 is 1.97 bits per heavy atom. The monoisotopic (exact) mass is 405 g/mol. The number of aromatic nitrogens is 2. The van der Waals surface area contributed by atoms with Crippen LogP contribution in [0.15, 0.2) is 42.5 Å². The molecule has 1 aromatic heterocycles. The highest BCUT2D eigenvalue weighted by atomic mass is 16.5. The van der Waals surface area contributed by atoms with Crippen molar-refractivity contribution in [2.24, 2.45) is 0 Å². The molecule has 0 radical (unpaired) electrons. The molecule has 6 heteroatoms. The Morgan fingerprint density at radius 3 is 2.67 bits per heavy atom. The second-order valence-corrected chi connectivity index (χ2v) is 7.56. The molecule has 0 saturated carbocycles. The summed E-state index contributed by atoms with van der Waals surface area (Å²) in [7, 11) is 3.33. The van der Waals surface area contributed by atoms with Gasteiger partial charge in [0.25, 0.3) is 5.91 Å². The summed E-state index contributed by atoms with van der Waals surface area (Å²) >= 11 is 0. The van der Waals surface area contributed by atoms with E-state index in [9.17, 15) is 4.79 Å². The smallest absolute Gasteiger partial charge is 0.251 e. The van der Waals surface area contributed by atoms with E-state index in [0.29, 0.717) is 12.2 Å². The lowest BCUT2D eigenvalue weighted by atomic mass is 9.87. The van der Waals surface area contributed by atoms with Gasteiger partial charge in [0.15, 0.2) is 0 Å². The minimum atomic E-state index is -0.0858. The van der Waals surface area contributed by atoms with Crippen LogP contribution in [-0.2, 0) is 17.6 Å². The van der Waals surface area contributed by atoms with Crippen LogP contribution in [-0.4, -0.2) is 43.0 Å². The lowest BCUT2D eigenvalue weighted by Gasteiger charge is -2.17. The molecule has 30 heavy (non-hydrogen) atoms. The van der Waals surface area contributed by atoms with Crippen molar-refractivity contribution in [3.8, 4) is 28.3 Å². The van der Waals surface area contributed by atoms with Gasteiger partial charge in [-0.2, -0.15) is 5.10 Å². The van der Waals surface area contributed by atoms with Crippen LogP contribution in [0, 0.1) is 0 Å². The van der Waals surface area contributed by atoms with Gasteiger partial charge in [-0.15, -0.1) is 0 Å². The number of aryl methyl sites for hydroxylation is 1. The van der Waals surface area contributed by atoms with Crippen LogP contribution in [0.4, 0.5) is 0 Å². The number of H-pyrrole nitrogens is 1. The normalized spacial score (nSPS) is 13.3. The molecule has 1 aliphatic carbocycles. The van der Waals surface area contributed by atoms with Crippen LogP contribution in [0.5, 0.6) is 5.75 Å². The zero-order valence-electron chi connectivity index (χ0n) is 17.6. The molecule has 156 valence electrons. The zero-order valence-corrected chi connectivity index (χ0v) is 17.6. The fraction of sp³-hybridized carbons (Fsp3) is 0.333. The van der Waals surface area contributed by atoms with E-state index >= 15 is 0 Å². The van der Waals surface area contributed by atoms with Gasteiger partial charge < -0.3 is 14.8 Å². The molecule has 4 rings (SSSR count). The number of carbonyl (C=O) groups is 1. The lowest BCUT2D eigenvalue weighted by molar-refractivity contribution is 0.0894. The third-order valence-electron chi connectivity index (χ3n) is 5.71. The highest BCUT2D eigenvalue weighted by molar-refractivity contribution is 5.95. The van der Waals surface area contributed by atoms with Crippen LogP contribution in [0.2, 0.25) is 0 Å². The van der Waals surface area contributed by atoms with E-state index in [1.165, 1.54) is 16.7 Å². The fourth-order valence-corrected chi connectivity index (χ4v) is 3.99. The van der Waals surface area contributed by atoms with Crippen molar-refractivity contribution >= 4 is 5.91 Å². The molecule has 0 bridgehead atoms. The summed E-state index contributed by atoms with van der Waals surface area (Å²) in [5.41, 5.74) is 7.32. The number of benzene rings is 2. The van der Waals surface area contributed by atoms with Gasteiger partial charge in [-0.3, -0.25) is 9.89 Å². The van der Waals surface area contributed by atoms with Gasteiger partial charge in [-0.1, -0.05) is 19.1 Å². The summed E-state index contributed by atoms with van der Waals surface area (Å²) in [6, 6.07) is 13.8. The Hall–Kier alpha value is -3.12. The molecule has 3 aromatic rings. The average molecular weight is 405 g/mol. The van der Waals surface area contributed by atoms with Crippen LogP contribution >= 0.6 is 0 Å². The number of fused-ring (bicyclic) bond motifs is 3. The van der Waals surface area contributed by atoms with Crippen molar-refractivity contribution < 1.29 is 14.3 Å². The van der Waals surface area contributed by atoms with Gasteiger partial charge in [0.1, 0.15) is 5.75 Å². The number of hydrogen-bond acceptors (Lipinski definition) is 4. The minimum Gasteiger partial charge on any atom is -0.497 e. The summed E-state index contributed by atoms with van der Waals surface area (Å²) in [5, 5.41) is 10.8. The summed E-state index contributed by atoms with van der Waals surface area (Å²) in [6.07, 6.45) is 2.69. The topological polar surface area (TPSA) is 76.2 Å². The molecule has 2 aromatic carbocycles. The molecular formula is C24H27N3O3. The first-order chi connectivity index (χ1) is 14.6. The number of aromatic amines is 1. The quantitative estimate of drug-likeness (QED) is 0.623. The first-order valence-electron chi connectivity index (χ1n) is 10.3. The van der Waals surface area contributed by atoms with Crippen molar-refractivity contribution in [2.45, 2.75) is 32.2 Å². The minimum absolute atomic E-state index is 0.0132. The van der Waals surface area contributed by atoms with E-state index in [2.05, 4.69) is 27.6 Å². The van der Waals surface area contributed by atoms with Gasteiger partial charge in [-0.05, 0) is 55.2 Å². The molecular weight excluding hydrogens is 378 g/mol. The largest absolute Gasteiger partial charge is 0.497 e. The van der Waals surface area contributed by atoms with Gasteiger partial charge in [0, 0.05) is 29.4 Å². The van der Waals surface area contributed by atoms with Crippen molar-refractivity contribution in [1.82, 2.24) is 15.5 Å². The van der Waals surface area contributed by atoms with Crippen molar-refractivity contribution in [3.63, 3.8) is 0 Å². The van der Waals surface area contributed by atoms with Crippen LogP contribution in [0.3, 0.4) is 0 Å². The molecule has 1 heterocycles. The third kappa shape index (κ3) is 3.83. The predicted octanol–water partition coefficient (Wildman–Crippen LogP) is 4.01. The van der Waals surface area contributed by atoms with E-state index in [0.717, 1.165) is 42.0 Å². The van der Waals surface area contributed by atoms with Crippen molar-refractivity contribution in [3.05, 3.63) is 59.2 Å². The predicted molar refractivity (Wildman–Crippen MR) is 117 cm³/mol. The summed E-state index contributed by atoms with van der Waals surface area (Å²) in [4.78, 5) is 12.5. The first-order valence-corrected chi connectivity index (χ1v) is 10.3. The van der Waals surface area contributed by atoms with Gasteiger partial charge in [0.2, 0.25) is 0 Å². The Labute approximate surface area is 176 Å². The molecule has 0 unspecified atom stereocenters. The number of methoxy groups -OCH3 is 2. The van der Waals surface area contributed by atoms with E-state index in [4.69, 9.17) is 9.47 Å². The molecule has 1 aliphatic rings.